The molecule has 1 aromatic rings. The first-order chi connectivity index (χ1) is 7.95. The Bertz CT molecular complexity index is 404. The van der Waals surface area contributed by atoms with E-state index in [9.17, 15) is 4.79 Å². The molecule has 0 aliphatic rings. The number of carbonyl (C=O) groups is 1. The van der Waals surface area contributed by atoms with Crippen LogP contribution >= 0.6 is 11.6 Å². The van der Waals surface area contributed by atoms with Crippen LogP contribution in [0.4, 0.5) is 0 Å². The number of hydrogen-bond donors (Lipinski definition) is 2. The first kappa shape index (κ1) is 14.0. The lowest BCUT2D eigenvalue weighted by Crippen LogP contribution is -2.41. The van der Waals surface area contributed by atoms with Crippen molar-refractivity contribution in [3.63, 3.8) is 0 Å². The number of hydrogen-bond acceptors (Lipinski definition) is 2. The molecule has 0 bridgehead atoms. The summed E-state index contributed by atoms with van der Waals surface area (Å²) in [4.78, 5) is 12.0. The number of carbonyl (C=O) groups excluding carboxylic acids is 1. The molecule has 0 radical (unpaired) electrons. The van der Waals surface area contributed by atoms with Crippen LogP contribution in [0.5, 0.6) is 0 Å². The number of aryl methyl sites for hydroxylation is 1. The predicted octanol–water partition coefficient (Wildman–Crippen LogP) is 2.40. The van der Waals surface area contributed by atoms with E-state index in [2.05, 4.69) is 5.32 Å². The van der Waals surface area contributed by atoms with Gasteiger partial charge >= 0.3 is 0 Å². The molecule has 0 fully saturated rings. The van der Waals surface area contributed by atoms with Crippen molar-refractivity contribution in [3.05, 3.63) is 34.3 Å². The lowest BCUT2D eigenvalue weighted by Gasteiger charge is -2.20. The highest BCUT2D eigenvalue weighted by Gasteiger charge is 2.17. The summed E-state index contributed by atoms with van der Waals surface area (Å²) in [6.07, 6.45) is 0. The van der Waals surface area contributed by atoms with Crippen LogP contribution in [0.1, 0.15) is 29.8 Å². The summed E-state index contributed by atoms with van der Waals surface area (Å²) in [5, 5.41) is 12.6. The summed E-state index contributed by atoms with van der Waals surface area (Å²) in [6.45, 7) is 5.69. The van der Waals surface area contributed by atoms with Gasteiger partial charge in [0.25, 0.3) is 5.91 Å². The average molecular weight is 256 g/mol. The predicted molar refractivity (Wildman–Crippen MR) is 69.4 cm³/mol. The standard InChI is InChI=1S/C13H18ClNO2/c1-8(2)12(7-16)15-13(17)11-5-4-10(14)6-9(11)3/h4-6,8,12,16H,7H2,1-3H3,(H,15,17). The molecule has 0 aliphatic carbocycles. The molecule has 3 nitrogen and oxygen atoms in total. The van der Waals surface area contributed by atoms with Crippen LogP contribution in [0.2, 0.25) is 5.02 Å². The first-order valence-electron chi connectivity index (χ1n) is 5.63. The maximum atomic E-state index is 12.0. The molecule has 0 spiro atoms. The second kappa shape index (κ2) is 6.03. The number of rotatable bonds is 4. The van der Waals surface area contributed by atoms with Gasteiger partial charge in [0.1, 0.15) is 0 Å². The zero-order valence-electron chi connectivity index (χ0n) is 10.3. The quantitative estimate of drug-likeness (QED) is 0.868. The van der Waals surface area contributed by atoms with Gasteiger partial charge in [0, 0.05) is 10.6 Å². The van der Waals surface area contributed by atoms with Gasteiger partial charge in [-0.25, -0.2) is 0 Å². The van der Waals surface area contributed by atoms with E-state index in [-0.39, 0.29) is 24.5 Å². The second-order valence-electron chi connectivity index (χ2n) is 4.47. The van der Waals surface area contributed by atoms with Crippen LogP contribution in [-0.4, -0.2) is 23.7 Å². The number of aliphatic hydroxyl groups excluding tert-OH is 1. The van der Waals surface area contributed by atoms with Crippen LogP contribution in [-0.2, 0) is 0 Å². The van der Waals surface area contributed by atoms with Gasteiger partial charge in [-0.15, -0.1) is 0 Å². The fourth-order valence-electron chi connectivity index (χ4n) is 1.55. The lowest BCUT2D eigenvalue weighted by atomic mass is 10.0. The molecule has 0 saturated heterocycles. The molecule has 1 atom stereocenters. The van der Waals surface area contributed by atoms with Gasteiger partial charge < -0.3 is 10.4 Å². The van der Waals surface area contributed by atoms with Crippen LogP contribution in [0.15, 0.2) is 18.2 Å². The van der Waals surface area contributed by atoms with E-state index >= 15 is 0 Å². The number of benzene rings is 1. The van der Waals surface area contributed by atoms with Gasteiger partial charge in [0.05, 0.1) is 12.6 Å². The summed E-state index contributed by atoms with van der Waals surface area (Å²) in [6, 6.07) is 4.91. The smallest absolute Gasteiger partial charge is 0.251 e. The minimum atomic E-state index is -0.224. The minimum Gasteiger partial charge on any atom is -0.394 e. The summed E-state index contributed by atoms with van der Waals surface area (Å²) in [5.74, 6) is 0.0171. The molecule has 0 aromatic heterocycles. The first-order valence-corrected chi connectivity index (χ1v) is 6.01. The van der Waals surface area contributed by atoms with E-state index in [0.29, 0.717) is 10.6 Å². The van der Waals surface area contributed by atoms with Crippen molar-refractivity contribution in [1.29, 1.82) is 0 Å². The molecule has 1 aromatic carbocycles. The maximum Gasteiger partial charge on any atom is 0.251 e. The summed E-state index contributed by atoms with van der Waals surface area (Å²) >= 11 is 5.83. The monoisotopic (exact) mass is 255 g/mol. The molecule has 17 heavy (non-hydrogen) atoms. The van der Waals surface area contributed by atoms with Crippen molar-refractivity contribution in [3.8, 4) is 0 Å². The van der Waals surface area contributed by atoms with Gasteiger partial charge in [-0.1, -0.05) is 25.4 Å². The number of aliphatic hydroxyl groups is 1. The topological polar surface area (TPSA) is 49.3 Å². The molecular weight excluding hydrogens is 238 g/mol. The molecular formula is C13H18ClNO2. The Kier molecular flexibility index (Phi) is 4.97. The molecule has 94 valence electrons. The largest absolute Gasteiger partial charge is 0.394 e. The Labute approximate surface area is 107 Å². The summed E-state index contributed by atoms with van der Waals surface area (Å²) in [5.41, 5.74) is 1.42. The van der Waals surface area contributed by atoms with Crippen molar-refractivity contribution in [2.75, 3.05) is 6.61 Å². The highest BCUT2D eigenvalue weighted by molar-refractivity contribution is 6.30. The Hall–Kier alpha value is -1.06. The van der Waals surface area contributed by atoms with Crippen molar-refractivity contribution in [2.45, 2.75) is 26.8 Å². The van der Waals surface area contributed by atoms with Gasteiger partial charge in [-0.2, -0.15) is 0 Å². The normalized spacial score (nSPS) is 12.6. The Balaban J connectivity index is 2.82. The Morgan fingerprint density at radius 2 is 2.12 bits per heavy atom. The number of amides is 1. The van der Waals surface area contributed by atoms with Crippen LogP contribution in [0, 0.1) is 12.8 Å². The van der Waals surface area contributed by atoms with E-state index in [1.165, 1.54) is 0 Å². The molecule has 4 heteroatoms. The lowest BCUT2D eigenvalue weighted by molar-refractivity contribution is 0.0896. The Morgan fingerprint density at radius 1 is 1.47 bits per heavy atom. The summed E-state index contributed by atoms with van der Waals surface area (Å²) < 4.78 is 0. The maximum absolute atomic E-state index is 12.0. The van der Waals surface area contributed by atoms with Gasteiger partial charge in [0.15, 0.2) is 0 Å². The Morgan fingerprint density at radius 3 is 2.59 bits per heavy atom. The van der Waals surface area contributed by atoms with Crippen molar-refractivity contribution >= 4 is 17.5 Å². The van der Waals surface area contributed by atoms with E-state index < -0.39 is 0 Å². The molecule has 1 amide bonds. The highest BCUT2D eigenvalue weighted by atomic mass is 35.5. The average Bonchev–Trinajstić information content (AvgIpc) is 2.24. The number of nitrogens with one attached hydrogen (secondary N) is 1. The molecule has 2 N–H and O–H groups in total. The van der Waals surface area contributed by atoms with Crippen LogP contribution in [0.25, 0.3) is 0 Å². The second-order valence-corrected chi connectivity index (χ2v) is 4.90. The molecule has 0 aliphatic heterocycles. The summed E-state index contributed by atoms with van der Waals surface area (Å²) in [7, 11) is 0. The van der Waals surface area contributed by atoms with E-state index in [1.54, 1.807) is 18.2 Å². The zero-order chi connectivity index (χ0) is 13.0. The van der Waals surface area contributed by atoms with Gasteiger partial charge in [0.2, 0.25) is 0 Å². The molecule has 1 rings (SSSR count). The molecule has 0 saturated carbocycles. The van der Waals surface area contributed by atoms with E-state index in [0.717, 1.165) is 5.56 Å². The van der Waals surface area contributed by atoms with Gasteiger partial charge in [-0.05, 0) is 36.6 Å². The third-order valence-electron chi connectivity index (χ3n) is 2.75. The van der Waals surface area contributed by atoms with Crippen molar-refractivity contribution in [2.24, 2.45) is 5.92 Å². The number of halogens is 1. The van der Waals surface area contributed by atoms with Crippen molar-refractivity contribution < 1.29 is 9.90 Å². The van der Waals surface area contributed by atoms with Gasteiger partial charge in [-0.3, -0.25) is 4.79 Å². The molecule has 0 heterocycles. The molecule has 1 unspecified atom stereocenters. The van der Waals surface area contributed by atoms with E-state index in [4.69, 9.17) is 16.7 Å². The van der Waals surface area contributed by atoms with Crippen LogP contribution < -0.4 is 5.32 Å². The zero-order valence-corrected chi connectivity index (χ0v) is 11.1. The fraction of sp³-hybridized carbons (Fsp3) is 0.462. The fourth-order valence-corrected chi connectivity index (χ4v) is 1.78. The van der Waals surface area contributed by atoms with Crippen LogP contribution in [0.3, 0.4) is 0 Å². The SMILES string of the molecule is Cc1cc(Cl)ccc1C(=O)NC(CO)C(C)C. The van der Waals surface area contributed by atoms with Crippen molar-refractivity contribution in [1.82, 2.24) is 5.32 Å². The minimum absolute atomic E-state index is 0.0595. The van der Waals surface area contributed by atoms with E-state index in [1.807, 2.05) is 20.8 Å². The third kappa shape index (κ3) is 3.72. The third-order valence-corrected chi connectivity index (χ3v) is 2.99. The highest BCUT2D eigenvalue weighted by Crippen LogP contribution is 2.15.